The smallest absolute Gasteiger partial charge is 0.147 e. The van der Waals surface area contributed by atoms with Gasteiger partial charge in [-0.05, 0) is 38.1 Å². The molecule has 2 N–H and O–H groups in total. The van der Waals surface area contributed by atoms with Crippen molar-refractivity contribution in [3.05, 3.63) is 89.2 Å². The first-order valence-electron chi connectivity index (χ1n) is 9.49. The SMILES string of the molecule is COc1ccccc1[C@H](Nc1cccc(C)n1)c1ccc2ccc(C)nc2c1O. The maximum atomic E-state index is 11.1. The Morgan fingerprint density at radius 3 is 2.38 bits per heavy atom. The molecule has 29 heavy (non-hydrogen) atoms. The summed E-state index contributed by atoms with van der Waals surface area (Å²) < 4.78 is 5.60. The number of anilines is 1. The molecule has 4 aromatic rings. The number of rotatable bonds is 5. The van der Waals surface area contributed by atoms with Crippen LogP contribution >= 0.6 is 0 Å². The predicted octanol–water partition coefficient (Wildman–Crippen LogP) is 5.16. The van der Waals surface area contributed by atoms with E-state index in [-0.39, 0.29) is 11.8 Å². The van der Waals surface area contributed by atoms with Crippen molar-refractivity contribution in [2.24, 2.45) is 0 Å². The van der Waals surface area contributed by atoms with Crippen LogP contribution in [0.5, 0.6) is 11.5 Å². The Morgan fingerprint density at radius 2 is 1.59 bits per heavy atom. The highest BCUT2D eigenvalue weighted by molar-refractivity contribution is 5.86. The number of para-hydroxylation sites is 1. The summed E-state index contributed by atoms with van der Waals surface area (Å²) in [5.41, 5.74) is 3.96. The van der Waals surface area contributed by atoms with Crippen LogP contribution in [0.1, 0.15) is 28.6 Å². The normalized spacial score (nSPS) is 12.0. The van der Waals surface area contributed by atoms with Crippen LogP contribution in [0, 0.1) is 13.8 Å². The van der Waals surface area contributed by atoms with Crippen molar-refractivity contribution in [3.8, 4) is 11.5 Å². The van der Waals surface area contributed by atoms with Gasteiger partial charge < -0.3 is 15.2 Å². The zero-order valence-corrected chi connectivity index (χ0v) is 16.7. The summed E-state index contributed by atoms with van der Waals surface area (Å²) >= 11 is 0. The molecule has 4 rings (SSSR count). The lowest BCUT2D eigenvalue weighted by atomic mass is 9.95. The van der Waals surface area contributed by atoms with Crippen molar-refractivity contribution >= 4 is 16.7 Å². The van der Waals surface area contributed by atoms with Gasteiger partial charge in [-0.1, -0.05) is 42.5 Å². The Bertz CT molecular complexity index is 1170. The van der Waals surface area contributed by atoms with Gasteiger partial charge in [0.25, 0.3) is 0 Å². The van der Waals surface area contributed by atoms with E-state index in [1.807, 2.05) is 80.6 Å². The number of aromatic hydroxyl groups is 1. The quantitative estimate of drug-likeness (QED) is 0.496. The van der Waals surface area contributed by atoms with Crippen LogP contribution in [-0.4, -0.2) is 22.2 Å². The van der Waals surface area contributed by atoms with Gasteiger partial charge >= 0.3 is 0 Å². The van der Waals surface area contributed by atoms with E-state index in [0.717, 1.165) is 33.9 Å². The molecule has 0 aliphatic rings. The molecule has 2 aromatic heterocycles. The van der Waals surface area contributed by atoms with Gasteiger partial charge in [-0.15, -0.1) is 0 Å². The molecule has 0 radical (unpaired) electrons. The fourth-order valence-corrected chi connectivity index (χ4v) is 3.52. The minimum absolute atomic E-state index is 0.155. The fraction of sp³-hybridized carbons (Fsp3) is 0.167. The van der Waals surface area contributed by atoms with Crippen molar-refractivity contribution in [1.82, 2.24) is 9.97 Å². The first-order chi connectivity index (χ1) is 14.1. The highest BCUT2D eigenvalue weighted by Crippen LogP contribution is 2.39. The molecule has 0 saturated heterocycles. The third-order valence-electron chi connectivity index (χ3n) is 4.95. The zero-order chi connectivity index (χ0) is 20.4. The Kier molecular flexibility index (Phi) is 5.04. The largest absolute Gasteiger partial charge is 0.505 e. The number of aromatic nitrogens is 2. The summed E-state index contributed by atoms with van der Waals surface area (Å²) in [5.74, 6) is 1.61. The number of aryl methyl sites for hydroxylation is 2. The minimum Gasteiger partial charge on any atom is -0.505 e. The maximum absolute atomic E-state index is 11.1. The average molecular weight is 385 g/mol. The molecule has 146 valence electrons. The molecule has 1 atom stereocenters. The monoisotopic (exact) mass is 385 g/mol. The number of pyridine rings is 2. The molecule has 0 saturated carbocycles. The van der Waals surface area contributed by atoms with Gasteiger partial charge in [-0.3, -0.25) is 0 Å². The summed E-state index contributed by atoms with van der Waals surface area (Å²) in [6, 6.07) is 21.0. The van der Waals surface area contributed by atoms with Crippen LogP contribution in [0.15, 0.2) is 66.7 Å². The van der Waals surface area contributed by atoms with E-state index in [9.17, 15) is 5.11 Å². The number of phenols is 1. The van der Waals surface area contributed by atoms with E-state index in [2.05, 4.69) is 15.3 Å². The summed E-state index contributed by atoms with van der Waals surface area (Å²) in [6.07, 6.45) is 0. The summed E-state index contributed by atoms with van der Waals surface area (Å²) in [7, 11) is 1.64. The van der Waals surface area contributed by atoms with Crippen molar-refractivity contribution in [2.75, 3.05) is 12.4 Å². The molecular weight excluding hydrogens is 362 g/mol. The van der Waals surface area contributed by atoms with Crippen LogP contribution in [0.2, 0.25) is 0 Å². The van der Waals surface area contributed by atoms with E-state index in [4.69, 9.17) is 4.74 Å². The lowest BCUT2D eigenvalue weighted by molar-refractivity contribution is 0.408. The van der Waals surface area contributed by atoms with Crippen molar-refractivity contribution in [3.63, 3.8) is 0 Å². The molecule has 0 aliphatic carbocycles. The predicted molar refractivity (Wildman–Crippen MR) is 116 cm³/mol. The number of fused-ring (bicyclic) bond motifs is 1. The van der Waals surface area contributed by atoms with E-state index < -0.39 is 0 Å². The molecule has 0 aliphatic heterocycles. The average Bonchev–Trinajstić information content (AvgIpc) is 2.73. The van der Waals surface area contributed by atoms with Crippen LogP contribution < -0.4 is 10.1 Å². The topological polar surface area (TPSA) is 67.3 Å². The van der Waals surface area contributed by atoms with Gasteiger partial charge in [0.2, 0.25) is 0 Å². The molecule has 0 amide bonds. The fourth-order valence-electron chi connectivity index (χ4n) is 3.52. The number of nitrogens with zero attached hydrogens (tertiary/aromatic N) is 2. The van der Waals surface area contributed by atoms with Gasteiger partial charge in [0, 0.05) is 27.9 Å². The second-order valence-electron chi connectivity index (χ2n) is 7.01. The molecule has 0 unspecified atom stereocenters. The third kappa shape index (κ3) is 3.72. The zero-order valence-electron chi connectivity index (χ0n) is 16.7. The molecule has 0 fully saturated rings. The number of nitrogens with one attached hydrogen (secondary N) is 1. The van der Waals surface area contributed by atoms with Gasteiger partial charge in [0.1, 0.15) is 22.8 Å². The molecule has 2 aromatic carbocycles. The number of hydrogen-bond donors (Lipinski definition) is 2. The number of ether oxygens (including phenoxy) is 1. The van der Waals surface area contributed by atoms with Crippen LogP contribution in [0.4, 0.5) is 5.82 Å². The van der Waals surface area contributed by atoms with Crippen molar-refractivity contribution in [2.45, 2.75) is 19.9 Å². The summed E-state index contributed by atoms with van der Waals surface area (Å²) in [5, 5.41) is 15.5. The van der Waals surface area contributed by atoms with E-state index in [1.54, 1.807) is 7.11 Å². The van der Waals surface area contributed by atoms with Crippen LogP contribution in [0.25, 0.3) is 10.9 Å². The van der Waals surface area contributed by atoms with Gasteiger partial charge in [0.05, 0.1) is 13.2 Å². The third-order valence-corrected chi connectivity index (χ3v) is 4.95. The van der Waals surface area contributed by atoms with E-state index in [1.165, 1.54) is 0 Å². The van der Waals surface area contributed by atoms with Crippen molar-refractivity contribution < 1.29 is 9.84 Å². The molecule has 5 nitrogen and oxygen atoms in total. The number of methoxy groups -OCH3 is 1. The molecule has 5 heteroatoms. The molecule has 0 spiro atoms. The minimum atomic E-state index is -0.368. The standard InChI is InChI=1S/C24H23N3O2/c1-15-7-6-10-21(25-15)27-23(18-8-4-5-9-20(18)29-3)19-14-13-17-12-11-16(2)26-22(17)24(19)28/h4-14,23,28H,1-3H3,(H,25,27)/t23-/m0/s1. The van der Waals surface area contributed by atoms with E-state index >= 15 is 0 Å². The maximum Gasteiger partial charge on any atom is 0.147 e. The Morgan fingerprint density at radius 1 is 0.828 bits per heavy atom. The van der Waals surface area contributed by atoms with Gasteiger partial charge in [0.15, 0.2) is 0 Å². The van der Waals surface area contributed by atoms with Gasteiger partial charge in [-0.25, -0.2) is 9.97 Å². The molecule has 2 heterocycles. The molecule has 0 bridgehead atoms. The second-order valence-corrected chi connectivity index (χ2v) is 7.01. The van der Waals surface area contributed by atoms with Crippen LogP contribution in [-0.2, 0) is 0 Å². The van der Waals surface area contributed by atoms with E-state index in [0.29, 0.717) is 11.1 Å². The first kappa shape index (κ1) is 18.7. The molecular formula is C24H23N3O2. The Balaban J connectivity index is 1.90. The number of hydrogen-bond acceptors (Lipinski definition) is 5. The Hall–Kier alpha value is -3.60. The number of phenolic OH excluding ortho intramolecular Hbond substituents is 1. The lowest BCUT2D eigenvalue weighted by Crippen LogP contribution is -2.15. The number of benzene rings is 2. The van der Waals surface area contributed by atoms with Crippen LogP contribution in [0.3, 0.4) is 0 Å². The highest BCUT2D eigenvalue weighted by atomic mass is 16.5. The summed E-state index contributed by atoms with van der Waals surface area (Å²) in [6.45, 7) is 3.86. The lowest BCUT2D eigenvalue weighted by Gasteiger charge is -2.24. The van der Waals surface area contributed by atoms with Gasteiger partial charge in [-0.2, -0.15) is 0 Å². The Labute approximate surface area is 170 Å². The summed E-state index contributed by atoms with van der Waals surface area (Å²) in [4.78, 5) is 9.13. The first-order valence-corrected chi connectivity index (χ1v) is 9.49. The second kappa shape index (κ2) is 7.80. The van der Waals surface area contributed by atoms with Crippen molar-refractivity contribution in [1.29, 1.82) is 0 Å². The highest BCUT2D eigenvalue weighted by Gasteiger charge is 2.23.